The zero-order chi connectivity index (χ0) is 51.8. The van der Waals surface area contributed by atoms with Crippen LogP contribution in [-0.2, 0) is 35.7 Å². The Morgan fingerprint density at radius 3 is 1.36 bits per heavy atom. The largest absolute Gasteiger partial charge is 0.444 e. The number of likely N-dealkylation sites (N-methyl/N-ethyl adjacent to an activating group) is 3. The van der Waals surface area contributed by atoms with Crippen molar-refractivity contribution in [2.24, 2.45) is 5.73 Å². The van der Waals surface area contributed by atoms with Gasteiger partial charge in [0.25, 0.3) is 0 Å². The van der Waals surface area contributed by atoms with Crippen LogP contribution in [0.5, 0.6) is 0 Å². The molecule has 0 aliphatic carbocycles. The van der Waals surface area contributed by atoms with Gasteiger partial charge < -0.3 is 61.4 Å². The maximum Gasteiger partial charge on any atom is 0.407 e. The second kappa shape index (κ2) is 35.9. The van der Waals surface area contributed by atoms with Crippen LogP contribution >= 0.6 is 0 Å². The van der Waals surface area contributed by atoms with Crippen LogP contribution in [0.4, 0.5) is 14.4 Å². The SMILES string of the molecule is CC.CC.CC.CC.CC.CC(C)(C)OC(=O)NC1CNC1.CN1CC(N)C1.CN1CC(NC(=O)N2Cc3cccnc3C2)C1.CN1CC(NC(=O)OC(C)(C)C)C1.c1cnc2c(c1)CNC2. The van der Waals surface area contributed by atoms with Crippen LogP contribution in [-0.4, -0.2) is 157 Å². The number of amides is 4. The van der Waals surface area contributed by atoms with Gasteiger partial charge in [-0.2, -0.15) is 0 Å². The smallest absolute Gasteiger partial charge is 0.407 e. The van der Waals surface area contributed by atoms with Gasteiger partial charge in [0.1, 0.15) is 11.2 Å². The van der Waals surface area contributed by atoms with E-state index in [2.05, 4.69) is 71.4 Å². The number of likely N-dealkylation sites (tertiary alicyclic amines) is 3. The van der Waals surface area contributed by atoms with Crippen molar-refractivity contribution < 1.29 is 23.9 Å². The number of rotatable bonds is 3. The fraction of sp³-hybridized carbons (Fsp3) is 0.740. The fourth-order valence-electron chi connectivity index (χ4n) is 6.38. The number of nitrogens with one attached hydrogen (secondary N) is 5. The molecule has 0 saturated carbocycles. The highest BCUT2D eigenvalue weighted by Crippen LogP contribution is 2.20. The minimum Gasteiger partial charge on any atom is -0.444 e. The summed E-state index contributed by atoms with van der Waals surface area (Å²) in [4.78, 5) is 51.1. The first-order valence-corrected chi connectivity index (χ1v) is 24.9. The molecule has 4 saturated heterocycles. The van der Waals surface area contributed by atoms with Crippen LogP contribution in [0.25, 0.3) is 0 Å². The lowest BCUT2D eigenvalue weighted by molar-refractivity contribution is 0.0427. The average Bonchev–Trinajstić information content (AvgIpc) is 3.92. The molecule has 0 bridgehead atoms. The minimum atomic E-state index is -0.403. The predicted octanol–water partition coefficient (Wildman–Crippen LogP) is 6.80. The number of carbonyl (C=O) groups excluding carboxylic acids is 3. The number of urea groups is 1. The van der Waals surface area contributed by atoms with Crippen molar-refractivity contribution in [1.29, 1.82) is 0 Å². The number of ether oxygens (including phenoxy) is 2. The summed E-state index contributed by atoms with van der Waals surface area (Å²) in [6.07, 6.45) is 2.98. The van der Waals surface area contributed by atoms with Crippen LogP contribution in [0.2, 0.25) is 0 Å². The molecule has 17 heteroatoms. The molecule has 6 aliphatic heterocycles. The Bertz CT molecular complexity index is 1530. The number of hydrogen-bond donors (Lipinski definition) is 6. The summed E-state index contributed by atoms with van der Waals surface area (Å²) < 4.78 is 10.2. The van der Waals surface area contributed by atoms with Crippen LogP contribution in [0.3, 0.4) is 0 Å². The normalized spacial score (nSPS) is 17.0. The second-order valence-corrected chi connectivity index (χ2v) is 17.6. The Morgan fingerprint density at radius 1 is 0.582 bits per heavy atom. The van der Waals surface area contributed by atoms with E-state index in [1.807, 2.05) is 147 Å². The first kappa shape index (κ1) is 65.0. The molecule has 0 unspecified atom stereocenters. The number of carbonyl (C=O) groups is 3. The summed E-state index contributed by atoms with van der Waals surface area (Å²) in [5.74, 6) is 0. The Labute approximate surface area is 407 Å². The predicted molar refractivity (Wildman–Crippen MR) is 277 cm³/mol. The molecule has 8 rings (SSSR count). The third-order valence-corrected chi connectivity index (χ3v) is 9.34. The molecule has 67 heavy (non-hydrogen) atoms. The lowest BCUT2D eigenvalue weighted by Gasteiger charge is -2.37. The lowest BCUT2D eigenvalue weighted by Crippen LogP contribution is -2.59. The minimum absolute atomic E-state index is 0.0288. The zero-order valence-corrected chi connectivity index (χ0v) is 45.6. The van der Waals surface area contributed by atoms with Gasteiger partial charge in [0.15, 0.2) is 0 Å². The lowest BCUT2D eigenvalue weighted by atomic mass is 10.1. The topological polar surface area (TPSA) is 195 Å². The number of fused-ring (bicyclic) bond motifs is 2. The Morgan fingerprint density at radius 2 is 1.00 bits per heavy atom. The molecule has 2 aromatic rings. The molecule has 7 N–H and O–H groups in total. The number of pyridine rings is 2. The standard InChI is InChI=1S/C12H16N4O.C9H18N2O2.C8H16N2O2.C7H8N2.C4H10N2.5C2H6/c1-15-6-10(7-15)14-12(17)16-5-9-3-2-4-13-11(9)8-16;1-9(2,3)13-8(12)10-7-5-11(4)6-7;1-8(2,3)12-7(11)10-6-4-9-5-6;1-2-6-4-8-5-7(6)9-3-1;1-6-2-4(5)3-6;5*1-2/h2-4,10H,5-8H2,1H3,(H,14,17);7H,5-6H2,1-4H3,(H,10,12);6,9H,4-5H2,1-3H3,(H,10,11);1-3,8H,4-5H2;4H,2-3,5H2,1H3;5*1-2H3. The van der Waals surface area contributed by atoms with Gasteiger partial charge in [0.2, 0.25) is 0 Å². The molecule has 17 nitrogen and oxygen atoms in total. The molecule has 0 aromatic carbocycles. The molecule has 4 fully saturated rings. The molecule has 4 amide bonds. The molecular weight excluding hydrogens is 849 g/mol. The molecule has 8 heterocycles. The Balaban J connectivity index is 0. The molecule has 388 valence electrons. The molecular formula is C50H98N12O5. The fourth-order valence-corrected chi connectivity index (χ4v) is 6.38. The van der Waals surface area contributed by atoms with E-state index >= 15 is 0 Å². The van der Waals surface area contributed by atoms with E-state index in [0.717, 1.165) is 76.7 Å². The van der Waals surface area contributed by atoms with Crippen molar-refractivity contribution in [2.45, 2.75) is 172 Å². The highest BCUT2D eigenvalue weighted by Gasteiger charge is 2.30. The number of nitrogens with zero attached hydrogens (tertiary/aromatic N) is 6. The van der Waals surface area contributed by atoms with Crippen LogP contribution in [0.15, 0.2) is 36.7 Å². The molecule has 6 aliphatic rings. The quantitative estimate of drug-likeness (QED) is 0.188. The van der Waals surface area contributed by atoms with Crippen LogP contribution < -0.4 is 32.3 Å². The second-order valence-electron chi connectivity index (χ2n) is 17.6. The molecule has 0 radical (unpaired) electrons. The molecule has 0 spiro atoms. The maximum absolute atomic E-state index is 12.0. The van der Waals surface area contributed by atoms with E-state index in [4.69, 9.17) is 15.2 Å². The van der Waals surface area contributed by atoms with E-state index in [-0.39, 0.29) is 30.3 Å². The maximum atomic E-state index is 12.0. The summed E-state index contributed by atoms with van der Waals surface area (Å²) in [6.45, 7) is 42.0. The zero-order valence-electron chi connectivity index (χ0n) is 45.6. The van der Waals surface area contributed by atoms with E-state index < -0.39 is 11.2 Å². The number of alkyl carbamates (subject to hydrolysis) is 2. The van der Waals surface area contributed by atoms with Crippen molar-refractivity contribution in [3.05, 3.63) is 59.2 Å². The Kier molecular flexibility index (Phi) is 34.8. The van der Waals surface area contributed by atoms with Gasteiger partial charge in [-0.05, 0) is 85.9 Å². The summed E-state index contributed by atoms with van der Waals surface area (Å²) in [5, 5.41) is 14.9. The third-order valence-electron chi connectivity index (χ3n) is 9.34. The first-order chi connectivity index (χ1) is 31.8. The number of aromatic nitrogens is 2. The highest BCUT2D eigenvalue weighted by molar-refractivity contribution is 5.75. The van der Waals surface area contributed by atoms with E-state index in [9.17, 15) is 14.4 Å². The van der Waals surface area contributed by atoms with Gasteiger partial charge >= 0.3 is 18.2 Å². The summed E-state index contributed by atoms with van der Waals surface area (Å²) >= 11 is 0. The van der Waals surface area contributed by atoms with Gasteiger partial charge in [-0.15, -0.1) is 0 Å². The summed E-state index contributed by atoms with van der Waals surface area (Å²) in [7, 11) is 6.15. The van der Waals surface area contributed by atoms with Crippen molar-refractivity contribution in [1.82, 2.24) is 56.2 Å². The van der Waals surface area contributed by atoms with E-state index in [0.29, 0.717) is 25.2 Å². The third kappa shape index (κ3) is 28.7. The number of nitrogens with two attached hydrogens (primary N) is 1. The summed E-state index contributed by atoms with van der Waals surface area (Å²) in [5.41, 5.74) is 9.36. The molecule has 2 aromatic heterocycles. The first-order valence-electron chi connectivity index (χ1n) is 24.9. The van der Waals surface area contributed by atoms with Crippen molar-refractivity contribution in [3.8, 4) is 0 Å². The van der Waals surface area contributed by atoms with Crippen LogP contribution in [0.1, 0.15) is 133 Å². The van der Waals surface area contributed by atoms with Gasteiger partial charge in [-0.1, -0.05) is 81.4 Å². The Hall–Kier alpha value is -4.13. The van der Waals surface area contributed by atoms with E-state index in [1.54, 1.807) is 6.20 Å². The summed E-state index contributed by atoms with van der Waals surface area (Å²) in [6, 6.07) is 9.36. The monoisotopic (exact) mass is 947 g/mol. The van der Waals surface area contributed by atoms with Crippen molar-refractivity contribution in [2.75, 3.05) is 73.5 Å². The van der Waals surface area contributed by atoms with Gasteiger partial charge in [0.05, 0.1) is 36.1 Å². The van der Waals surface area contributed by atoms with Gasteiger partial charge in [0, 0.05) is 90.4 Å². The molecule has 0 atom stereocenters. The van der Waals surface area contributed by atoms with Crippen LogP contribution in [0, 0.1) is 0 Å². The van der Waals surface area contributed by atoms with Crippen molar-refractivity contribution in [3.63, 3.8) is 0 Å². The number of hydrogen-bond acceptors (Lipinski definition) is 13. The highest BCUT2D eigenvalue weighted by atomic mass is 16.6. The van der Waals surface area contributed by atoms with Gasteiger partial charge in [-0.3, -0.25) is 9.97 Å². The average molecular weight is 947 g/mol. The van der Waals surface area contributed by atoms with Crippen molar-refractivity contribution >= 4 is 18.2 Å². The van der Waals surface area contributed by atoms with Gasteiger partial charge in [-0.25, -0.2) is 14.4 Å². The van der Waals surface area contributed by atoms with E-state index in [1.165, 1.54) is 11.3 Å².